The number of sulfonamides is 1. The first kappa shape index (κ1) is 15.1. The van der Waals surface area contributed by atoms with E-state index in [1.807, 2.05) is 0 Å². The lowest BCUT2D eigenvalue weighted by atomic mass is 10.2. The molecule has 18 heavy (non-hydrogen) atoms. The Bertz CT molecular complexity index is 583. The maximum Gasteiger partial charge on any atom is 0.321 e. The third kappa shape index (κ3) is 3.30. The highest BCUT2D eigenvalue weighted by Gasteiger charge is 2.23. The Morgan fingerprint density at radius 1 is 1.33 bits per heavy atom. The van der Waals surface area contributed by atoms with Crippen molar-refractivity contribution in [3.8, 4) is 0 Å². The molecule has 0 amide bonds. The summed E-state index contributed by atoms with van der Waals surface area (Å²) in [6, 6.07) is 2.03. The molecule has 5 nitrogen and oxygen atoms in total. The van der Waals surface area contributed by atoms with Crippen LogP contribution in [0.2, 0.25) is 0 Å². The van der Waals surface area contributed by atoms with Crippen molar-refractivity contribution in [2.45, 2.75) is 31.7 Å². The number of halogens is 1. The van der Waals surface area contributed by atoms with E-state index < -0.39 is 22.0 Å². The average molecular weight is 336 g/mol. The quantitative estimate of drug-likeness (QED) is 0.878. The molecule has 1 rings (SSSR count). The van der Waals surface area contributed by atoms with E-state index in [4.69, 9.17) is 5.11 Å². The van der Waals surface area contributed by atoms with Crippen LogP contribution in [0, 0.1) is 13.8 Å². The molecular formula is C11H14BrNO4S. The lowest BCUT2D eigenvalue weighted by Crippen LogP contribution is -2.38. The van der Waals surface area contributed by atoms with Crippen LogP contribution in [0.5, 0.6) is 0 Å². The van der Waals surface area contributed by atoms with Crippen LogP contribution in [-0.4, -0.2) is 25.5 Å². The number of carboxylic acids is 1. The van der Waals surface area contributed by atoms with Crippen molar-refractivity contribution in [2.24, 2.45) is 0 Å². The minimum Gasteiger partial charge on any atom is -0.480 e. The molecule has 2 N–H and O–H groups in total. The van der Waals surface area contributed by atoms with Crippen molar-refractivity contribution in [3.63, 3.8) is 0 Å². The van der Waals surface area contributed by atoms with E-state index in [9.17, 15) is 13.2 Å². The van der Waals surface area contributed by atoms with Gasteiger partial charge in [-0.2, -0.15) is 4.72 Å². The monoisotopic (exact) mass is 335 g/mol. The van der Waals surface area contributed by atoms with Gasteiger partial charge in [-0.3, -0.25) is 4.79 Å². The van der Waals surface area contributed by atoms with Gasteiger partial charge in [0.25, 0.3) is 0 Å². The summed E-state index contributed by atoms with van der Waals surface area (Å²) in [7, 11) is -3.83. The van der Waals surface area contributed by atoms with Gasteiger partial charge in [0, 0.05) is 4.47 Å². The van der Waals surface area contributed by atoms with Gasteiger partial charge in [0.05, 0.1) is 4.90 Å². The smallest absolute Gasteiger partial charge is 0.321 e. The van der Waals surface area contributed by atoms with Crippen molar-refractivity contribution < 1.29 is 18.3 Å². The maximum atomic E-state index is 12.0. The molecule has 0 unspecified atom stereocenters. The average Bonchev–Trinajstić information content (AvgIpc) is 2.22. The van der Waals surface area contributed by atoms with Gasteiger partial charge in [-0.05, 0) is 44.0 Å². The zero-order chi connectivity index (χ0) is 14.1. The van der Waals surface area contributed by atoms with Crippen LogP contribution in [0.3, 0.4) is 0 Å². The molecule has 0 aromatic heterocycles. The zero-order valence-electron chi connectivity index (χ0n) is 10.2. The first-order valence-corrected chi connectivity index (χ1v) is 7.44. The highest BCUT2D eigenvalue weighted by atomic mass is 79.9. The van der Waals surface area contributed by atoms with Gasteiger partial charge in [-0.15, -0.1) is 0 Å². The van der Waals surface area contributed by atoms with E-state index >= 15 is 0 Å². The van der Waals surface area contributed by atoms with E-state index in [0.717, 1.165) is 10.0 Å². The van der Waals surface area contributed by atoms with Gasteiger partial charge in [0.15, 0.2) is 0 Å². The molecule has 0 aliphatic carbocycles. The van der Waals surface area contributed by atoms with Gasteiger partial charge >= 0.3 is 5.97 Å². The molecule has 0 radical (unpaired) electrons. The Hall–Kier alpha value is -0.920. The maximum absolute atomic E-state index is 12.0. The molecule has 0 saturated heterocycles. The summed E-state index contributed by atoms with van der Waals surface area (Å²) in [5.74, 6) is -1.22. The molecule has 1 aromatic rings. The van der Waals surface area contributed by atoms with Gasteiger partial charge in [-0.25, -0.2) is 8.42 Å². The largest absolute Gasteiger partial charge is 0.480 e. The predicted octanol–water partition coefficient (Wildman–Crippen LogP) is 1.82. The molecule has 1 aromatic carbocycles. The second kappa shape index (κ2) is 5.38. The van der Waals surface area contributed by atoms with Gasteiger partial charge in [0.1, 0.15) is 6.04 Å². The number of benzene rings is 1. The van der Waals surface area contributed by atoms with Gasteiger partial charge < -0.3 is 5.11 Å². The third-order valence-electron chi connectivity index (χ3n) is 2.45. The van der Waals surface area contributed by atoms with E-state index in [-0.39, 0.29) is 4.90 Å². The SMILES string of the molecule is Cc1cc(S(=O)(=O)N[C@H](C)C(=O)O)c(C)cc1Br. The predicted molar refractivity (Wildman–Crippen MR) is 71.0 cm³/mol. The molecule has 0 bridgehead atoms. The number of carboxylic acid groups (broad SMARTS) is 1. The second-order valence-electron chi connectivity index (χ2n) is 4.05. The Balaban J connectivity index is 3.21. The van der Waals surface area contributed by atoms with Crippen LogP contribution < -0.4 is 4.72 Å². The fourth-order valence-electron chi connectivity index (χ4n) is 1.39. The van der Waals surface area contributed by atoms with E-state index in [0.29, 0.717) is 5.56 Å². The lowest BCUT2D eigenvalue weighted by molar-refractivity contribution is -0.138. The molecule has 0 heterocycles. The molecule has 0 aliphatic rings. The molecular weight excluding hydrogens is 322 g/mol. The summed E-state index contributed by atoms with van der Waals surface area (Å²) in [6.45, 7) is 4.70. The molecule has 0 fully saturated rings. The normalized spacial score (nSPS) is 13.3. The number of rotatable bonds is 4. The molecule has 0 aliphatic heterocycles. The summed E-state index contributed by atoms with van der Waals surface area (Å²) < 4.78 is 27.0. The van der Waals surface area contributed by atoms with Crippen LogP contribution in [0.15, 0.2) is 21.5 Å². The summed E-state index contributed by atoms with van der Waals surface area (Å²) in [5.41, 5.74) is 1.32. The molecule has 100 valence electrons. The van der Waals surface area contributed by atoms with Crippen LogP contribution >= 0.6 is 15.9 Å². The van der Waals surface area contributed by atoms with Crippen molar-refractivity contribution in [3.05, 3.63) is 27.7 Å². The molecule has 7 heteroatoms. The van der Waals surface area contributed by atoms with Crippen LogP contribution in [0.1, 0.15) is 18.1 Å². The Labute approximate surface area is 114 Å². The second-order valence-corrected chi connectivity index (χ2v) is 6.58. The van der Waals surface area contributed by atoms with Crippen molar-refractivity contribution in [1.82, 2.24) is 4.72 Å². The third-order valence-corrected chi connectivity index (χ3v) is 4.99. The van der Waals surface area contributed by atoms with Crippen LogP contribution in [0.25, 0.3) is 0 Å². The number of hydrogen-bond donors (Lipinski definition) is 2. The first-order valence-electron chi connectivity index (χ1n) is 5.17. The van der Waals surface area contributed by atoms with E-state index in [1.54, 1.807) is 19.9 Å². The van der Waals surface area contributed by atoms with E-state index in [2.05, 4.69) is 20.7 Å². The Kier molecular flexibility index (Phi) is 4.52. The minimum absolute atomic E-state index is 0.0938. The number of aliphatic carboxylic acids is 1. The molecule has 0 saturated carbocycles. The number of aryl methyl sites for hydroxylation is 2. The van der Waals surface area contributed by atoms with Crippen molar-refractivity contribution in [1.29, 1.82) is 0 Å². The Morgan fingerprint density at radius 3 is 2.39 bits per heavy atom. The van der Waals surface area contributed by atoms with Gasteiger partial charge in [-0.1, -0.05) is 15.9 Å². The highest BCUT2D eigenvalue weighted by molar-refractivity contribution is 9.10. The summed E-state index contributed by atoms with van der Waals surface area (Å²) in [4.78, 5) is 10.8. The van der Waals surface area contributed by atoms with Gasteiger partial charge in [0.2, 0.25) is 10.0 Å². The fourth-order valence-corrected chi connectivity index (χ4v) is 3.36. The highest BCUT2D eigenvalue weighted by Crippen LogP contribution is 2.24. The standard InChI is InChI=1S/C11H14BrNO4S/c1-6-5-10(7(2)4-9(6)12)18(16,17)13-8(3)11(14)15/h4-5,8,13H,1-3H3,(H,14,15)/t8-/m1/s1. The summed E-state index contributed by atoms with van der Waals surface area (Å²) in [6.07, 6.45) is 0. The lowest BCUT2D eigenvalue weighted by Gasteiger charge is -2.13. The fraction of sp³-hybridized carbons (Fsp3) is 0.364. The number of carbonyl (C=O) groups is 1. The molecule has 0 spiro atoms. The Morgan fingerprint density at radius 2 is 1.89 bits per heavy atom. The van der Waals surface area contributed by atoms with E-state index in [1.165, 1.54) is 13.0 Å². The van der Waals surface area contributed by atoms with Crippen molar-refractivity contribution in [2.75, 3.05) is 0 Å². The van der Waals surface area contributed by atoms with Crippen LogP contribution in [0.4, 0.5) is 0 Å². The number of hydrogen-bond acceptors (Lipinski definition) is 3. The summed E-state index contributed by atoms with van der Waals surface area (Å²) >= 11 is 3.31. The topological polar surface area (TPSA) is 83.5 Å². The first-order chi connectivity index (χ1) is 8.15. The molecule has 1 atom stereocenters. The zero-order valence-corrected chi connectivity index (χ0v) is 12.6. The van der Waals surface area contributed by atoms with Crippen molar-refractivity contribution >= 4 is 31.9 Å². The summed E-state index contributed by atoms with van der Waals surface area (Å²) in [5, 5.41) is 8.73. The minimum atomic E-state index is -3.83. The number of nitrogens with one attached hydrogen (secondary N) is 1. The van der Waals surface area contributed by atoms with Crippen LogP contribution in [-0.2, 0) is 14.8 Å².